The van der Waals surface area contributed by atoms with Gasteiger partial charge in [0.2, 0.25) is 0 Å². The van der Waals surface area contributed by atoms with Gasteiger partial charge in [-0.1, -0.05) is 6.07 Å². The van der Waals surface area contributed by atoms with Crippen LogP contribution in [0.1, 0.15) is 5.56 Å². The summed E-state index contributed by atoms with van der Waals surface area (Å²) in [4.78, 5) is 27.2. The molecule has 2 aromatic rings. The molecule has 84 valence electrons. The lowest BCUT2D eigenvalue weighted by Crippen LogP contribution is -2.23. The zero-order valence-electron chi connectivity index (χ0n) is 8.41. The quantitative estimate of drug-likeness (QED) is 0.543. The minimum Gasteiger partial charge on any atom is -0.506 e. The molecule has 16 heavy (non-hydrogen) atoms. The van der Waals surface area contributed by atoms with Gasteiger partial charge in [0.25, 0.3) is 5.56 Å². The molecule has 0 radical (unpaired) electrons. The van der Waals surface area contributed by atoms with Crippen LogP contribution in [-0.2, 0) is 6.42 Å². The number of H-pyrrole nitrogens is 2. The highest BCUT2D eigenvalue weighted by Gasteiger charge is 2.09. The highest BCUT2D eigenvalue weighted by atomic mass is 16.3. The van der Waals surface area contributed by atoms with Crippen LogP contribution in [-0.4, -0.2) is 21.6 Å². The molecule has 2 rings (SSSR count). The van der Waals surface area contributed by atoms with E-state index in [1.54, 1.807) is 6.07 Å². The molecular formula is C10H11N3O3. The molecular weight excluding hydrogens is 210 g/mol. The minimum absolute atomic E-state index is 0.126. The summed E-state index contributed by atoms with van der Waals surface area (Å²) in [6.07, 6.45) is 0.506. The van der Waals surface area contributed by atoms with Crippen molar-refractivity contribution in [3.8, 4) is 5.75 Å². The van der Waals surface area contributed by atoms with Gasteiger partial charge >= 0.3 is 5.69 Å². The summed E-state index contributed by atoms with van der Waals surface area (Å²) in [6, 6.07) is 3.06. The molecule has 1 aromatic carbocycles. The van der Waals surface area contributed by atoms with Gasteiger partial charge in [0.1, 0.15) is 5.75 Å². The lowest BCUT2D eigenvalue weighted by atomic mass is 10.1. The maximum atomic E-state index is 11.6. The molecule has 0 aliphatic rings. The highest BCUT2D eigenvalue weighted by molar-refractivity contribution is 5.86. The van der Waals surface area contributed by atoms with Crippen molar-refractivity contribution in [1.29, 1.82) is 0 Å². The summed E-state index contributed by atoms with van der Waals surface area (Å²) in [6.45, 7) is 0.387. The second kappa shape index (κ2) is 3.82. The molecule has 1 heterocycles. The normalized spacial score (nSPS) is 10.8. The number of hydrogen-bond acceptors (Lipinski definition) is 4. The van der Waals surface area contributed by atoms with Gasteiger partial charge in [-0.3, -0.25) is 9.78 Å². The van der Waals surface area contributed by atoms with Crippen molar-refractivity contribution < 1.29 is 5.11 Å². The maximum Gasteiger partial charge on any atom is 0.326 e. The summed E-state index contributed by atoms with van der Waals surface area (Å²) >= 11 is 0. The van der Waals surface area contributed by atoms with Gasteiger partial charge in [-0.15, -0.1) is 0 Å². The first-order valence-corrected chi connectivity index (χ1v) is 4.80. The van der Waals surface area contributed by atoms with Crippen LogP contribution >= 0.6 is 0 Å². The van der Waals surface area contributed by atoms with E-state index in [9.17, 15) is 14.7 Å². The molecule has 0 spiro atoms. The van der Waals surface area contributed by atoms with E-state index in [0.717, 1.165) is 0 Å². The van der Waals surface area contributed by atoms with Crippen molar-refractivity contribution in [2.24, 2.45) is 5.73 Å². The lowest BCUT2D eigenvalue weighted by molar-refractivity contribution is 0.480. The molecule has 0 aliphatic carbocycles. The highest BCUT2D eigenvalue weighted by Crippen LogP contribution is 2.22. The van der Waals surface area contributed by atoms with Crippen LogP contribution in [0.3, 0.4) is 0 Å². The molecule has 0 fully saturated rings. The Balaban J connectivity index is 2.92. The van der Waals surface area contributed by atoms with Gasteiger partial charge in [0.05, 0.1) is 10.9 Å². The van der Waals surface area contributed by atoms with Crippen LogP contribution in [0, 0.1) is 0 Å². The fraction of sp³-hybridized carbons (Fsp3) is 0.200. The Labute approximate surface area is 89.7 Å². The molecule has 5 N–H and O–H groups in total. The average Bonchev–Trinajstić information content (AvgIpc) is 2.22. The van der Waals surface area contributed by atoms with Gasteiger partial charge in [0.15, 0.2) is 0 Å². The first kappa shape index (κ1) is 10.4. The van der Waals surface area contributed by atoms with Crippen molar-refractivity contribution in [3.63, 3.8) is 0 Å². The number of nitrogens with one attached hydrogen (secondary N) is 2. The van der Waals surface area contributed by atoms with E-state index in [1.807, 2.05) is 0 Å². The van der Waals surface area contributed by atoms with Crippen LogP contribution < -0.4 is 17.0 Å². The molecule has 0 atom stereocenters. The second-order valence-corrected chi connectivity index (χ2v) is 3.44. The van der Waals surface area contributed by atoms with Gasteiger partial charge in [-0.05, 0) is 24.6 Å². The Morgan fingerprint density at radius 2 is 2.00 bits per heavy atom. The largest absolute Gasteiger partial charge is 0.506 e. The zero-order valence-corrected chi connectivity index (χ0v) is 8.41. The average molecular weight is 221 g/mol. The number of aromatic amines is 2. The number of rotatable bonds is 2. The number of aromatic hydroxyl groups is 1. The van der Waals surface area contributed by atoms with E-state index < -0.39 is 11.2 Å². The van der Waals surface area contributed by atoms with Gasteiger partial charge in [-0.2, -0.15) is 0 Å². The van der Waals surface area contributed by atoms with E-state index in [1.165, 1.54) is 6.07 Å². The first-order valence-electron chi connectivity index (χ1n) is 4.80. The Kier molecular flexibility index (Phi) is 2.49. The van der Waals surface area contributed by atoms with Crippen molar-refractivity contribution in [3.05, 3.63) is 38.5 Å². The third kappa shape index (κ3) is 1.59. The monoisotopic (exact) mass is 221 g/mol. The van der Waals surface area contributed by atoms with E-state index in [-0.39, 0.29) is 16.7 Å². The number of nitrogens with two attached hydrogens (primary N) is 1. The van der Waals surface area contributed by atoms with Crippen LogP contribution in [0.25, 0.3) is 10.9 Å². The third-order valence-corrected chi connectivity index (χ3v) is 2.38. The number of aromatic nitrogens is 2. The fourth-order valence-electron chi connectivity index (χ4n) is 1.69. The van der Waals surface area contributed by atoms with Crippen LogP contribution in [0.15, 0.2) is 21.7 Å². The smallest absolute Gasteiger partial charge is 0.326 e. The lowest BCUT2D eigenvalue weighted by Gasteiger charge is -2.05. The van der Waals surface area contributed by atoms with Crippen LogP contribution in [0.4, 0.5) is 0 Å². The molecule has 1 aromatic heterocycles. The molecule has 0 unspecified atom stereocenters. The SMILES string of the molecule is NCCc1ccc(O)c2[nH]c(=O)[nH]c(=O)c12. The summed E-state index contributed by atoms with van der Waals surface area (Å²) in [7, 11) is 0. The molecule has 0 saturated carbocycles. The maximum absolute atomic E-state index is 11.6. The van der Waals surface area contributed by atoms with E-state index in [0.29, 0.717) is 18.5 Å². The fourth-order valence-corrected chi connectivity index (χ4v) is 1.69. The van der Waals surface area contributed by atoms with Crippen molar-refractivity contribution in [2.75, 3.05) is 6.54 Å². The van der Waals surface area contributed by atoms with Gasteiger partial charge < -0.3 is 15.8 Å². The second-order valence-electron chi connectivity index (χ2n) is 3.44. The Morgan fingerprint density at radius 3 is 2.69 bits per heavy atom. The van der Waals surface area contributed by atoms with Crippen molar-refractivity contribution in [1.82, 2.24) is 9.97 Å². The minimum atomic E-state index is -0.641. The van der Waals surface area contributed by atoms with Crippen molar-refractivity contribution in [2.45, 2.75) is 6.42 Å². The summed E-state index contributed by atoms with van der Waals surface area (Å²) in [5.74, 6) is -0.126. The van der Waals surface area contributed by atoms with Gasteiger partial charge in [-0.25, -0.2) is 4.79 Å². The standard InChI is InChI=1S/C10H11N3O3/c11-4-3-5-1-2-6(14)8-7(5)9(15)13-10(16)12-8/h1-2,14H,3-4,11H2,(H2,12,13,15,16). The number of fused-ring (bicyclic) bond motifs is 1. The number of hydrogen-bond donors (Lipinski definition) is 4. The predicted molar refractivity (Wildman–Crippen MR) is 59.6 cm³/mol. The predicted octanol–water partition coefficient (Wildman–Crippen LogP) is -0.577. The Bertz CT molecular complexity index is 642. The van der Waals surface area contributed by atoms with E-state index in [4.69, 9.17) is 5.73 Å². The molecule has 6 heteroatoms. The van der Waals surface area contributed by atoms with Crippen molar-refractivity contribution >= 4 is 10.9 Å². The summed E-state index contributed by atoms with van der Waals surface area (Å²) in [5, 5.41) is 9.84. The first-order chi connectivity index (χ1) is 7.63. The summed E-state index contributed by atoms with van der Waals surface area (Å²) in [5.41, 5.74) is 5.12. The molecule has 0 aliphatic heterocycles. The van der Waals surface area contributed by atoms with E-state index in [2.05, 4.69) is 9.97 Å². The molecule has 0 bridgehead atoms. The summed E-state index contributed by atoms with van der Waals surface area (Å²) < 4.78 is 0. The van der Waals surface area contributed by atoms with E-state index >= 15 is 0 Å². The zero-order chi connectivity index (χ0) is 11.7. The topological polar surface area (TPSA) is 112 Å². The number of phenolic OH excluding ortho intramolecular Hbond substituents is 1. The molecule has 6 nitrogen and oxygen atoms in total. The molecule has 0 saturated heterocycles. The number of benzene rings is 1. The Hall–Kier alpha value is -2.08. The third-order valence-electron chi connectivity index (χ3n) is 2.38. The number of phenols is 1. The Morgan fingerprint density at radius 1 is 1.25 bits per heavy atom. The van der Waals surface area contributed by atoms with Crippen LogP contribution in [0.2, 0.25) is 0 Å². The molecule has 0 amide bonds. The van der Waals surface area contributed by atoms with Gasteiger partial charge in [0, 0.05) is 0 Å². The van der Waals surface area contributed by atoms with Crippen LogP contribution in [0.5, 0.6) is 5.75 Å².